The molecular weight excluding hydrogens is 337 g/mol. The molecule has 0 atom stereocenters. The Kier molecular flexibility index (Phi) is 4.12. The molecule has 2 rings (SSSR count). The van der Waals surface area contributed by atoms with Crippen molar-refractivity contribution in [2.45, 2.75) is 6.42 Å². The van der Waals surface area contributed by atoms with E-state index in [9.17, 15) is 18.8 Å². The minimum absolute atomic E-state index is 0.0350. The Labute approximate surface area is 120 Å². The van der Waals surface area contributed by atoms with Crippen molar-refractivity contribution in [2.75, 3.05) is 11.4 Å². The highest BCUT2D eigenvalue weighted by molar-refractivity contribution is 9.10. The van der Waals surface area contributed by atoms with Gasteiger partial charge in [0, 0.05) is 11.0 Å². The van der Waals surface area contributed by atoms with Gasteiger partial charge in [0.1, 0.15) is 5.82 Å². The van der Waals surface area contributed by atoms with Crippen molar-refractivity contribution >= 4 is 39.3 Å². The van der Waals surface area contributed by atoms with Crippen LogP contribution in [0.15, 0.2) is 16.6 Å². The van der Waals surface area contributed by atoms with Gasteiger partial charge in [-0.15, -0.1) is 0 Å². The lowest BCUT2D eigenvalue weighted by atomic mass is 10.1. The molecule has 1 heterocycles. The van der Waals surface area contributed by atoms with E-state index in [4.69, 9.17) is 5.84 Å². The molecule has 0 spiro atoms. The van der Waals surface area contributed by atoms with E-state index in [1.165, 1.54) is 0 Å². The summed E-state index contributed by atoms with van der Waals surface area (Å²) in [6.45, 7) is -0.0810. The first-order valence-corrected chi connectivity index (χ1v) is 6.25. The van der Waals surface area contributed by atoms with E-state index in [2.05, 4.69) is 20.8 Å². The second-order valence-corrected chi connectivity index (χ2v) is 4.77. The SMILES string of the molecule is NNOC(=O)CCN1C(=O)C(=O)c2cc(F)cc(Br)c21. The van der Waals surface area contributed by atoms with E-state index in [1.54, 1.807) is 5.59 Å². The highest BCUT2D eigenvalue weighted by atomic mass is 79.9. The number of benzene rings is 1. The molecule has 7 nitrogen and oxygen atoms in total. The maximum Gasteiger partial charge on any atom is 0.328 e. The summed E-state index contributed by atoms with van der Waals surface area (Å²) in [5.41, 5.74) is 1.93. The minimum atomic E-state index is -0.820. The van der Waals surface area contributed by atoms with E-state index in [1.807, 2.05) is 0 Å². The van der Waals surface area contributed by atoms with E-state index in [0.717, 1.165) is 17.0 Å². The van der Waals surface area contributed by atoms with Gasteiger partial charge >= 0.3 is 5.97 Å². The summed E-state index contributed by atoms with van der Waals surface area (Å²) in [5.74, 6) is 1.84. The molecule has 0 aromatic heterocycles. The van der Waals surface area contributed by atoms with E-state index in [0.29, 0.717) is 0 Å². The highest BCUT2D eigenvalue weighted by Gasteiger charge is 2.38. The van der Waals surface area contributed by atoms with Crippen molar-refractivity contribution < 1.29 is 23.6 Å². The number of ketones is 1. The molecule has 0 saturated carbocycles. The molecule has 0 fully saturated rings. The summed E-state index contributed by atoms with van der Waals surface area (Å²) >= 11 is 3.10. The second kappa shape index (κ2) is 5.65. The second-order valence-electron chi connectivity index (χ2n) is 3.91. The number of nitrogens with one attached hydrogen (secondary N) is 1. The summed E-state index contributed by atoms with van der Waals surface area (Å²) in [6, 6.07) is 2.12. The van der Waals surface area contributed by atoms with Gasteiger partial charge in [0.05, 0.1) is 17.7 Å². The minimum Gasteiger partial charge on any atom is -0.356 e. The van der Waals surface area contributed by atoms with Gasteiger partial charge in [-0.3, -0.25) is 14.4 Å². The zero-order chi connectivity index (χ0) is 14.9. The van der Waals surface area contributed by atoms with Crippen LogP contribution in [0.3, 0.4) is 0 Å². The Bertz CT molecular complexity index is 608. The first-order valence-electron chi connectivity index (χ1n) is 5.46. The molecule has 1 aromatic carbocycles. The van der Waals surface area contributed by atoms with Crippen LogP contribution in [0.1, 0.15) is 16.8 Å². The summed E-state index contributed by atoms with van der Waals surface area (Å²) in [7, 11) is 0. The maximum absolute atomic E-state index is 13.3. The molecule has 1 aromatic rings. The fourth-order valence-electron chi connectivity index (χ4n) is 1.89. The van der Waals surface area contributed by atoms with E-state index >= 15 is 0 Å². The zero-order valence-corrected chi connectivity index (χ0v) is 11.6. The predicted octanol–water partition coefficient (Wildman–Crippen LogP) is 0.429. The van der Waals surface area contributed by atoms with Gasteiger partial charge in [-0.05, 0) is 28.1 Å². The summed E-state index contributed by atoms with van der Waals surface area (Å²) in [4.78, 5) is 40.2. The third-order valence-corrected chi connectivity index (χ3v) is 3.30. The number of rotatable bonds is 4. The molecule has 106 valence electrons. The van der Waals surface area contributed by atoms with Crippen molar-refractivity contribution in [2.24, 2.45) is 5.84 Å². The number of hydrogen-bond donors (Lipinski definition) is 2. The number of nitrogens with zero attached hydrogens (tertiary/aromatic N) is 1. The lowest BCUT2D eigenvalue weighted by Crippen LogP contribution is -2.34. The Hall–Kier alpha value is -1.84. The predicted molar refractivity (Wildman–Crippen MR) is 68.8 cm³/mol. The summed E-state index contributed by atoms with van der Waals surface area (Å²) in [6.07, 6.45) is -0.174. The van der Waals surface area contributed by atoms with Gasteiger partial charge in [-0.2, -0.15) is 0 Å². The fourth-order valence-corrected chi connectivity index (χ4v) is 2.53. The van der Waals surface area contributed by atoms with Crippen LogP contribution in [0.5, 0.6) is 0 Å². The number of nitrogens with two attached hydrogens (primary N) is 1. The van der Waals surface area contributed by atoms with E-state index < -0.39 is 23.5 Å². The normalized spacial score (nSPS) is 13.7. The number of carbonyl (C=O) groups is 3. The van der Waals surface area contributed by atoms with Crippen LogP contribution in [0.4, 0.5) is 10.1 Å². The van der Waals surface area contributed by atoms with Gasteiger partial charge < -0.3 is 9.74 Å². The van der Waals surface area contributed by atoms with Crippen molar-refractivity contribution in [1.82, 2.24) is 5.59 Å². The number of Topliss-reactive ketones (excluding diaryl/α,β-unsaturated/α-hetero) is 1. The first kappa shape index (κ1) is 14.6. The summed E-state index contributed by atoms with van der Waals surface area (Å²) < 4.78 is 13.5. The molecule has 1 aliphatic rings. The van der Waals surface area contributed by atoms with Crippen LogP contribution < -0.4 is 16.3 Å². The van der Waals surface area contributed by atoms with Crippen LogP contribution in [0, 0.1) is 5.82 Å². The highest BCUT2D eigenvalue weighted by Crippen LogP contribution is 2.36. The molecule has 0 saturated heterocycles. The largest absolute Gasteiger partial charge is 0.356 e. The number of hydrogen-bond acceptors (Lipinski definition) is 6. The Morgan fingerprint density at radius 3 is 2.80 bits per heavy atom. The van der Waals surface area contributed by atoms with Crippen molar-refractivity contribution in [3.05, 3.63) is 28.0 Å². The number of halogens is 2. The maximum atomic E-state index is 13.3. The number of carbonyl (C=O) groups excluding carboxylic acids is 3. The van der Waals surface area contributed by atoms with Gasteiger partial charge in [-0.1, -0.05) is 5.59 Å². The molecule has 0 radical (unpaired) electrons. The first-order chi connectivity index (χ1) is 9.45. The van der Waals surface area contributed by atoms with Crippen molar-refractivity contribution in [1.29, 1.82) is 0 Å². The Morgan fingerprint density at radius 2 is 2.15 bits per heavy atom. The van der Waals surface area contributed by atoms with Gasteiger partial charge in [0.15, 0.2) is 0 Å². The van der Waals surface area contributed by atoms with E-state index in [-0.39, 0.29) is 28.7 Å². The third-order valence-electron chi connectivity index (χ3n) is 2.69. The molecule has 3 N–H and O–H groups in total. The van der Waals surface area contributed by atoms with Gasteiger partial charge in [-0.25, -0.2) is 10.2 Å². The fraction of sp³-hybridized carbons (Fsp3) is 0.182. The van der Waals surface area contributed by atoms with Gasteiger partial charge in [0.25, 0.3) is 11.7 Å². The molecule has 20 heavy (non-hydrogen) atoms. The number of fused-ring (bicyclic) bond motifs is 1. The lowest BCUT2D eigenvalue weighted by Gasteiger charge is -2.17. The molecule has 0 unspecified atom stereocenters. The van der Waals surface area contributed by atoms with Crippen molar-refractivity contribution in [3.8, 4) is 0 Å². The zero-order valence-electron chi connectivity index (χ0n) is 9.98. The van der Waals surface area contributed by atoms with Gasteiger partial charge in [0.2, 0.25) is 0 Å². The molecular formula is C11H9BrFN3O4. The smallest absolute Gasteiger partial charge is 0.328 e. The molecule has 1 aliphatic heterocycles. The average Bonchev–Trinajstić information content (AvgIpc) is 2.61. The standard InChI is InChI=1S/C11H9BrFN3O4/c12-7-4-5(13)3-6-9(7)16(11(19)10(6)18)2-1-8(17)20-15-14/h3-4,15H,1-2,14H2. The third kappa shape index (κ3) is 2.55. The Morgan fingerprint density at radius 1 is 1.45 bits per heavy atom. The number of hydrazine groups is 1. The summed E-state index contributed by atoms with van der Waals surface area (Å²) in [5, 5.41) is 0. The molecule has 0 bridgehead atoms. The Balaban J connectivity index is 2.27. The van der Waals surface area contributed by atoms with Crippen LogP contribution in [-0.4, -0.2) is 24.2 Å². The van der Waals surface area contributed by atoms with Crippen LogP contribution in [-0.2, 0) is 14.4 Å². The monoisotopic (exact) mass is 345 g/mol. The average molecular weight is 346 g/mol. The molecule has 1 amide bonds. The van der Waals surface area contributed by atoms with Crippen LogP contribution >= 0.6 is 15.9 Å². The topological polar surface area (TPSA) is 102 Å². The number of amides is 1. The van der Waals surface area contributed by atoms with Crippen LogP contribution in [0.25, 0.3) is 0 Å². The lowest BCUT2D eigenvalue weighted by molar-refractivity contribution is -0.150. The molecule has 9 heteroatoms. The van der Waals surface area contributed by atoms with Crippen molar-refractivity contribution in [3.63, 3.8) is 0 Å². The van der Waals surface area contributed by atoms with Crippen LogP contribution in [0.2, 0.25) is 0 Å². The number of anilines is 1. The quantitative estimate of drug-likeness (QED) is 0.466. The molecule has 0 aliphatic carbocycles.